The highest BCUT2D eigenvalue weighted by molar-refractivity contribution is 7.78. The van der Waals surface area contributed by atoms with E-state index < -0.39 is 0 Å². The van der Waals surface area contributed by atoms with Gasteiger partial charge in [0.05, 0.1) is 0 Å². The van der Waals surface area contributed by atoms with Crippen molar-refractivity contribution in [1.82, 2.24) is 0 Å². The first-order valence-corrected chi connectivity index (χ1v) is 1.37. The van der Waals surface area contributed by atoms with E-state index in [0.717, 1.165) is 5.55 Å². The molecule has 2 nitrogen and oxygen atoms in total. The molecule has 0 rings (SSSR count). The molecule has 0 heterocycles. The number of ether oxygens (including phenoxy) is 1. The summed E-state index contributed by atoms with van der Waals surface area (Å²) in [7, 11) is 0. The van der Waals surface area contributed by atoms with Crippen molar-refractivity contribution in [2.24, 2.45) is 0 Å². The zero-order chi connectivity index (χ0) is 4.12. The quantitative estimate of drug-likeness (QED) is 0.343. The highest BCUT2D eigenvalue weighted by Crippen LogP contribution is 1.52. The van der Waals surface area contributed by atoms with Crippen molar-refractivity contribution in [3.05, 3.63) is 0 Å². The van der Waals surface area contributed by atoms with Gasteiger partial charge in [-0.15, -0.1) is 5.26 Å². The van der Waals surface area contributed by atoms with Crippen molar-refractivity contribution in [3.63, 3.8) is 0 Å². The van der Waals surface area contributed by atoms with E-state index in [1.54, 1.807) is 0 Å². The Balaban J connectivity index is 2.75. The average molecular weight is 87.1 g/mol. The molecule has 0 aliphatic carbocycles. The van der Waals surface area contributed by atoms with Crippen molar-refractivity contribution < 1.29 is 4.74 Å². The zero-order valence-electron chi connectivity index (χ0n) is 2.34. The molecule has 0 saturated heterocycles. The Morgan fingerprint density at radius 2 is 2.60 bits per heavy atom. The van der Waals surface area contributed by atoms with Gasteiger partial charge in [-0.05, 0) is 12.2 Å². The van der Waals surface area contributed by atoms with Crippen molar-refractivity contribution in [2.75, 3.05) is 0 Å². The minimum atomic E-state index is 0.903. The monoisotopic (exact) mass is 87.0 g/mol. The second-order valence-corrected chi connectivity index (χ2v) is 0.498. The third-order valence-corrected chi connectivity index (χ3v) is 0.197. The molecule has 26 valence electrons. The van der Waals surface area contributed by atoms with Crippen LogP contribution in [0, 0.1) is 11.5 Å². The fourth-order valence-electron chi connectivity index (χ4n) is 0.0215. The van der Waals surface area contributed by atoms with Crippen LogP contribution in [0.1, 0.15) is 0 Å². The Kier molecular flexibility index (Phi) is 2.96. The molecule has 0 unspecified atom stereocenters. The highest BCUT2D eigenvalue weighted by atomic mass is 32.1. The summed E-state index contributed by atoms with van der Waals surface area (Å²) in [6, 6.07) is 0. The predicted molar refractivity (Wildman–Crippen MR) is 20.4 cm³/mol. The molecule has 0 fully saturated rings. The number of rotatable bonds is 1. The van der Waals surface area contributed by atoms with E-state index in [-0.39, 0.29) is 0 Å². The summed E-state index contributed by atoms with van der Waals surface area (Å²) in [5, 5.41) is 7.50. The van der Waals surface area contributed by atoms with Gasteiger partial charge < -0.3 is 4.74 Å². The minimum Gasteiger partial charge on any atom is -0.384 e. The summed E-state index contributed by atoms with van der Waals surface area (Å²) in [5.74, 6) is 0. The van der Waals surface area contributed by atoms with Crippen LogP contribution in [0.4, 0.5) is 0 Å². The van der Waals surface area contributed by atoms with E-state index >= 15 is 0 Å². The Morgan fingerprint density at radius 3 is 2.60 bits per heavy atom. The van der Waals surface area contributed by atoms with Crippen molar-refractivity contribution in [1.29, 1.82) is 5.26 Å². The molecule has 0 bridgehead atoms. The van der Waals surface area contributed by atoms with E-state index in [1.165, 1.54) is 6.26 Å². The lowest BCUT2D eigenvalue weighted by atomic mass is 11.5. The second kappa shape index (κ2) is 3.38. The molecule has 5 heavy (non-hydrogen) atoms. The number of hydrogen-bond donors (Lipinski definition) is 0. The molecule has 0 aromatic carbocycles. The standard InChI is InChI=1S/C2HNOS/c3-1-4-2-5/h2H. The third kappa shape index (κ3) is 3.38. The van der Waals surface area contributed by atoms with Crippen LogP contribution in [0.25, 0.3) is 0 Å². The van der Waals surface area contributed by atoms with Crippen LogP contribution in [0.15, 0.2) is 0 Å². The number of thiocarbonyl (C=S) groups is 1. The summed E-state index contributed by atoms with van der Waals surface area (Å²) in [6.45, 7) is 0. The van der Waals surface area contributed by atoms with Gasteiger partial charge in [-0.3, -0.25) is 0 Å². The molecule has 0 spiro atoms. The molecule has 0 atom stereocenters. The van der Waals surface area contributed by atoms with E-state index in [4.69, 9.17) is 5.26 Å². The van der Waals surface area contributed by atoms with Crippen LogP contribution in [-0.4, -0.2) is 5.55 Å². The van der Waals surface area contributed by atoms with Crippen LogP contribution in [0.2, 0.25) is 0 Å². The molecule has 0 radical (unpaired) electrons. The lowest BCUT2D eigenvalue weighted by molar-refractivity contribution is 0.533. The van der Waals surface area contributed by atoms with Gasteiger partial charge in [0.25, 0.3) is 6.26 Å². The summed E-state index contributed by atoms with van der Waals surface area (Å²) in [4.78, 5) is 0. The molecule has 0 aliphatic rings. The van der Waals surface area contributed by atoms with E-state index in [0.29, 0.717) is 0 Å². The van der Waals surface area contributed by atoms with Crippen molar-refractivity contribution >= 4 is 17.8 Å². The molecule has 0 amide bonds. The maximum Gasteiger partial charge on any atom is 0.292 e. The van der Waals surface area contributed by atoms with Gasteiger partial charge in [0.15, 0.2) is 5.55 Å². The molecule has 0 saturated carbocycles. The topological polar surface area (TPSA) is 33.0 Å². The van der Waals surface area contributed by atoms with Gasteiger partial charge in [-0.2, -0.15) is 0 Å². The molecular weight excluding hydrogens is 86.1 g/mol. The Bertz CT molecular complexity index is 64.5. The van der Waals surface area contributed by atoms with Crippen LogP contribution in [-0.2, 0) is 4.74 Å². The lowest BCUT2D eigenvalue weighted by Crippen LogP contribution is -1.64. The number of nitriles is 1. The molecular formula is C2HNOS. The van der Waals surface area contributed by atoms with Crippen LogP contribution in [0.5, 0.6) is 0 Å². The molecule has 0 N–H and O–H groups in total. The van der Waals surface area contributed by atoms with Crippen LogP contribution in [0.3, 0.4) is 0 Å². The Labute approximate surface area is 35.0 Å². The molecule has 3 heteroatoms. The smallest absolute Gasteiger partial charge is 0.292 e. The van der Waals surface area contributed by atoms with E-state index in [9.17, 15) is 0 Å². The fourth-order valence-corrected chi connectivity index (χ4v) is 0.0645. The Hall–Kier alpha value is -0.620. The second-order valence-electron chi connectivity index (χ2n) is 0.305. The lowest BCUT2D eigenvalue weighted by Gasteiger charge is -1.64. The minimum absolute atomic E-state index is 0.903. The highest BCUT2D eigenvalue weighted by Gasteiger charge is 1.53. The number of nitrogens with zero attached hydrogens (tertiary/aromatic N) is 1. The summed E-state index contributed by atoms with van der Waals surface area (Å²) < 4.78 is 3.83. The SMILES string of the molecule is N#COC=S. The van der Waals surface area contributed by atoms with E-state index in [2.05, 4.69) is 17.0 Å². The first kappa shape index (κ1) is 4.38. The zero-order valence-corrected chi connectivity index (χ0v) is 3.16. The van der Waals surface area contributed by atoms with Crippen molar-refractivity contribution in [3.8, 4) is 6.26 Å². The van der Waals surface area contributed by atoms with E-state index in [1.807, 2.05) is 0 Å². The van der Waals surface area contributed by atoms with Gasteiger partial charge in [0, 0.05) is 0 Å². The fraction of sp³-hybridized carbons (Fsp3) is 0. The Morgan fingerprint density at radius 1 is 2.00 bits per heavy atom. The van der Waals surface area contributed by atoms with Gasteiger partial charge in [0.1, 0.15) is 0 Å². The first-order chi connectivity index (χ1) is 2.41. The third-order valence-electron chi connectivity index (χ3n) is 0.101. The largest absolute Gasteiger partial charge is 0.384 e. The maximum absolute atomic E-state index is 7.50. The van der Waals surface area contributed by atoms with Crippen LogP contribution >= 0.6 is 12.2 Å². The summed E-state index contributed by atoms with van der Waals surface area (Å²) in [5.41, 5.74) is 0.903. The molecule has 0 aromatic rings. The van der Waals surface area contributed by atoms with Gasteiger partial charge in [0.2, 0.25) is 0 Å². The van der Waals surface area contributed by atoms with Crippen LogP contribution < -0.4 is 0 Å². The van der Waals surface area contributed by atoms with Gasteiger partial charge in [-0.1, -0.05) is 0 Å². The van der Waals surface area contributed by atoms with Gasteiger partial charge >= 0.3 is 0 Å². The van der Waals surface area contributed by atoms with Gasteiger partial charge in [-0.25, -0.2) is 0 Å². The maximum atomic E-state index is 7.50. The normalized spacial score (nSPS) is 4.60. The molecule has 0 aliphatic heterocycles. The summed E-state index contributed by atoms with van der Waals surface area (Å²) in [6.07, 6.45) is 1.36. The van der Waals surface area contributed by atoms with Crippen molar-refractivity contribution in [2.45, 2.75) is 0 Å². The molecule has 0 aromatic heterocycles. The predicted octanol–water partition coefficient (Wildman–Crippen LogP) is 0.441. The summed E-state index contributed by atoms with van der Waals surface area (Å²) >= 11 is 4.08. The first-order valence-electron chi connectivity index (χ1n) is 0.899. The number of hydrogen-bond acceptors (Lipinski definition) is 3. The average Bonchev–Trinajstić information content (AvgIpc) is 1.41.